The molecule has 6 heteroatoms. The number of nitrogens with zero attached hydrogens (tertiary/aromatic N) is 1. The maximum absolute atomic E-state index is 11.4. The lowest BCUT2D eigenvalue weighted by Crippen LogP contribution is -2.22. The predicted octanol–water partition coefficient (Wildman–Crippen LogP) is 0.955. The Morgan fingerprint density at radius 3 is 2.47 bits per heavy atom. The van der Waals surface area contributed by atoms with Crippen molar-refractivity contribution in [2.24, 2.45) is 0 Å². The van der Waals surface area contributed by atoms with Crippen LogP contribution in [0, 0.1) is 6.92 Å². The molecule has 0 bridgehead atoms. The van der Waals surface area contributed by atoms with Gasteiger partial charge in [-0.2, -0.15) is 0 Å². The zero-order chi connectivity index (χ0) is 13.0. The molecule has 2 rings (SSSR count). The number of hydrogen-bond acceptors (Lipinski definition) is 4. The summed E-state index contributed by atoms with van der Waals surface area (Å²) in [5.74, 6) is 0.392. The van der Waals surface area contributed by atoms with Crippen LogP contribution in [0.3, 0.4) is 0 Å². The highest BCUT2D eigenvalue weighted by Crippen LogP contribution is 2.19. The molecule has 2 N–H and O–H groups in total. The number of methoxy groups -OCH3 is 1. The van der Waals surface area contributed by atoms with Crippen LogP contribution in [0.1, 0.15) is 19.4 Å². The summed E-state index contributed by atoms with van der Waals surface area (Å²) in [6.45, 7) is 5.73. The van der Waals surface area contributed by atoms with Gasteiger partial charge in [-0.15, -0.1) is 0 Å². The number of fused-ring (bicyclic) bond motifs is 1. The second-order valence-corrected chi connectivity index (χ2v) is 3.09. The van der Waals surface area contributed by atoms with Gasteiger partial charge in [0.2, 0.25) is 5.88 Å². The van der Waals surface area contributed by atoms with E-state index in [9.17, 15) is 9.59 Å². The number of aryl methyl sites for hydroxylation is 1. The molecule has 2 aromatic rings. The molecule has 6 nitrogen and oxygen atoms in total. The van der Waals surface area contributed by atoms with Crippen LogP contribution < -0.4 is 16.0 Å². The van der Waals surface area contributed by atoms with Crippen LogP contribution in [0.15, 0.2) is 15.8 Å². The smallest absolute Gasteiger partial charge is 0.326 e. The topological polar surface area (TPSA) is 87.8 Å². The lowest BCUT2D eigenvalue weighted by molar-refractivity contribution is 0.395. The second-order valence-electron chi connectivity index (χ2n) is 3.09. The Morgan fingerprint density at radius 1 is 1.24 bits per heavy atom. The van der Waals surface area contributed by atoms with Crippen molar-refractivity contribution in [2.45, 2.75) is 20.8 Å². The van der Waals surface area contributed by atoms with Crippen LogP contribution in [0.4, 0.5) is 0 Å². The van der Waals surface area contributed by atoms with Gasteiger partial charge in [-0.3, -0.25) is 9.78 Å². The minimum absolute atomic E-state index is 0.341. The van der Waals surface area contributed by atoms with Crippen molar-refractivity contribution < 1.29 is 4.74 Å². The first kappa shape index (κ1) is 13.0. The number of nitrogens with one attached hydrogen (secondary N) is 2. The van der Waals surface area contributed by atoms with Crippen LogP contribution >= 0.6 is 0 Å². The highest BCUT2D eigenvalue weighted by atomic mass is 16.5. The molecular weight excluding hydrogens is 222 g/mol. The van der Waals surface area contributed by atoms with E-state index in [1.54, 1.807) is 6.92 Å². The van der Waals surface area contributed by atoms with Crippen LogP contribution in [-0.2, 0) is 0 Å². The summed E-state index contributed by atoms with van der Waals surface area (Å²) in [5.41, 5.74) is 0.102. The summed E-state index contributed by atoms with van der Waals surface area (Å²) in [4.78, 5) is 31.1. The van der Waals surface area contributed by atoms with Gasteiger partial charge < -0.3 is 9.72 Å². The Hall–Kier alpha value is -2.11. The fourth-order valence-corrected chi connectivity index (χ4v) is 1.45. The molecule has 0 atom stereocenters. The third-order valence-electron chi connectivity index (χ3n) is 2.18. The van der Waals surface area contributed by atoms with Crippen molar-refractivity contribution in [3.63, 3.8) is 0 Å². The van der Waals surface area contributed by atoms with Gasteiger partial charge in [-0.05, 0) is 6.92 Å². The Labute approximate surface area is 97.7 Å². The van der Waals surface area contributed by atoms with Crippen LogP contribution in [-0.4, -0.2) is 22.1 Å². The number of rotatable bonds is 1. The Morgan fingerprint density at radius 2 is 1.88 bits per heavy atom. The van der Waals surface area contributed by atoms with Gasteiger partial charge >= 0.3 is 5.69 Å². The van der Waals surface area contributed by atoms with E-state index < -0.39 is 11.2 Å². The molecule has 17 heavy (non-hydrogen) atoms. The van der Waals surface area contributed by atoms with E-state index in [0.29, 0.717) is 22.3 Å². The van der Waals surface area contributed by atoms with E-state index in [-0.39, 0.29) is 0 Å². The van der Waals surface area contributed by atoms with E-state index in [1.165, 1.54) is 13.3 Å². The Bertz CT molecular complexity index is 628. The number of ether oxygens (including phenoxy) is 1. The zero-order valence-electron chi connectivity index (χ0n) is 10.2. The molecule has 2 aromatic heterocycles. The van der Waals surface area contributed by atoms with Crippen molar-refractivity contribution >= 4 is 10.9 Å². The first-order valence-corrected chi connectivity index (χ1v) is 5.29. The Kier molecular flexibility index (Phi) is 4.03. The van der Waals surface area contributed by atoms with Gasteiger partial charge in [0.15, 0.2) is 0 Å². The van der Waals surface area contributed by atoms with Gasteiger partial charge in [0.25, 0.3) is 5.56 Å². The third kappa shape index (κ3) is 2.35. The summed E-state index contributed by atoms with van der Waals surface area (Å²) < 4.78 is 4.99. The summed E-state index contributed by atoms with van der Waals surface area (Å²) in [6, 6.07) is 0. The molecule has 0 fully saturated rings. The monoisotopic (exact) mass is 237 g/mol. The van der Waals surface area contributed by atoms with E-state index in [2.05, 4.69) is 15.0 Å². The van der Waals surface area contributed by atoms with Crippen molar-refractivity contribution in [3.8, 4) is 5.88 Å². The molecule has 0 spiro atoms. The molecule has 0 saturated carbocycles. The molecule has 0 amide bonds. The molecule has 0 aliphatic rings. The number of aromatic amines is 2. The van der Waals surface area contributed by atoms with Gasteiger partial charge in [0.05, 0.1) is 18.0 Å². The van der Waals surface area contributed by atoms with E-state index in [1.807, 2.05) is 13.8 Å². The minimum atomic E-state index is -0.538. The first-order valence-electron chi connectivity index (χ1n) is 5.29. The largest absolute Gasteiger partial charge is 0.481 e. The van der Waals surface area contributed by atoms with Gasteiger partial charge in [-0.25, -0.2) is 9.78 Å². The summed E-state index contributed by atoms with van der Waals surface area (Å²) in [6.07, 6.45) is 1.37. The molecule has 0 radical (unpaired) electrons. The lowest BCUT2D eigenvalue weighted by atomic mass is 10.2. The minimum Gasteiger partial charge on any atom is -0.481 e. The molecule has 0 unspecified atom stereocenters. The fraction of sp³-hybridized carbons (Fsp3) is 0.364. The molecule has 0 aromatic carbocycles. The normalized spacial score (nSPS) is 9.65. The molecule has 92 valence electrons. The Balaban J connectivity index is 0.000000686. The van der Waals surface area contributed by atoms with Gasteiger partial charge in [0, 0.05) is 11.8 Å². The quantitative estimate of drug-likeness (QED) is 0.773. The summed E-state index contributed by atoms with van der Waals surface area (Å²) in [7, 11) is 1.48. The maximum Gasteiger partial charge on any atom is 0.326 e. The number of H-pyrrole nitrogens is 2. The van der Waals surface area contributed by atoms with Gasteiger partial charge in [-0.1, -0.05) is 13.8 Å². The average Bonchev–Trinajstić information content (AvgIpc) is 2.33. The highest BCUT2D eigenvalue weighted by molar-refractivity contribution is 5.80. The van der Waals surface area contributed by atoms with Crippen molar-refractivity contribution in [2.75, 3.05) is 7.11 Å². The third-order valence-corrected chi connectivity index (χ3v) is 2.18. The molecule has 0 saturated heterocycles. The molecule has 0 aliphatic heterocycles. The average molecular weight is 237 g/mol. The van der Waals surface area contributed by atoms with E-state index in [0.717, 1.165) is 0 Å². The molecule has 0 aliphatic carbocycles. The summed E-state index contributed by atoms with van der Waals surface area (Å²) in [5, 5.41) is 0.341. The first-order chi connectivity index (χ1) is 8.13. The predicted molar refractivity (Wildman–Crippen MR) is 65.6 cm³/mol. The maximum atomic E-state index is 11.4. The van der Waals surface area contributed by atoms with E-state index >= 15 is 0 Å². The van der Waals surface area contributed by atoms with Gasteiger partial charge in [0.1, 0.15) is 0 Å². The second kappa shape index (κ2) is 5.29. The van der Waals surface area contributed by atoms with Crippen molar-refractivity contribution in [1.29, 1.82) is 0 Å². The van der Waals surface area contributed by atoms with Crippen molar-refractivity contribution in [1.82, 2.24) is 15.0 Å². The van der Waals surface area contributed by atoms with Crippen LogP contribution in [0.2, 0.25) is 0 Å². The van der Waals surface area contributed by atoms with Crippen molar-refractivity contribution in [3.05, 3.63) is 32.6 Å². The standard InChI is InChI=1S/C9H9N3O3.C2H6/c1-4-6-5(3-10-8(4)15-2)7(13)12-9(14)11-6;1-2/h3H,1-2H3,(H2,11,12,13,14);1-2H3. The zero-order valence-corrected chi connectivity index (χ0v) is 10.2. The summed E-state index contributed by atoms with van der Waals surface area (Å²) >= 11 is 0. The molecular formula is C11H15N3O3. The number of aromatic nitrogens is 3. The highest BCUT2D eigenvalue weighted by Gasteiger charge is 2.08. The number of pyridine rings is 1. The number of hydrogen-bond donors (Lipinski definition) is 2. The molecule has 2 heterocycles. The lowest BCUT2D eigenvalue weighted by Gasteiger charge is -2.05. The SMILES string of the molecule is CC.COc1ncc2c(=O)[nH]c(=O)[nH]c2c1C. The van der Waals surface area contributed by atoms with Crippen LogP contribution in [0.25, 0.3) is 10.9 Å². The van der Waals surface area contributed by atoms with Crippen LogP contribution in [0.5, 0.6) is 5.88 Å². The van der Waals surface area contributed by atoms with E-state index in [4.69, 9.17) is 4.74 Å². The fourth-order valence-electron chi connectivity index (χ4n) is 1.45.